The molecule has 0 spiro atoms. The fourth-order valence-electron chi connectivity index (χ4n) is 1.88. The summed E-state index contributed by atoms with van der Waals surface area (Å²) in [6.45, 7) is 1.03. The van der Waals surface area contributed by atoms with Crippen molar-refractivity contribution in [3.63, 3.8) is 0 Å². The van der Waals surface area contributed by atoms with Crippen LogP contribution in [0.1, 0.15) is 13.3 Å². The Labute approximate surface area is 129 Å². The molecule has 0 saturated heterocycles. The van der Waals surface area contributed by atoms with Crippen LogP contribution in [-0.2, 0) is 4.79 Å². The first-order valence-electron chi connectivity index (χ1n) is 5.58. The Morgan fingerprint density at radius 1 is 1.14 bits per heavy atom. The number of allylic oxidation sites excluding steroid dienone is 3. The molecule has 2 nitrogen and oxygen atoms in total. The lowest BCUT2D eigenvalue weighted by Crippen LogP contribution is -2.58. The van der Waals surface area contributed by atoms with Crippen LogP contribution in [0.2, 0.25) is 0 Å². The first kappa shape index (κ1) is 19.1. The van der Waals surface area contributed by atoms with E-state index in [9.17, 15) is 35.5 Å². The Morgan fingerprint density at radius 3 is 1.91 bits per heavy atom. The van der Waals surface area contributed by atoms with Crippen LogP contribution >= 0.6 is 23.2 Å². The molecule has 0 aromatic heterocycles. The van der Waals surface area contributed by atoms with Gasteiger partial charge in [0.15, 0.2) is 0 Å². The van der Waals surface area contributed by atoms with Crippen LogP contribution < -0.4 is 5.32 Å². The maximum absolute atomic E-state index is 13.9. The summed E-state index contributed by atoms with van der Waals surface area (Å²) in [5.74, 6) is -3.40. The van der Waals surface area contributed by atoms with E-state index in [1.54, 1.807) is 0 Å². The summed E-state index contributed by atoms with van der Waals surface area (Å²) < 4.78 is 89.8. The van der Waals surface area contributed by atoms with Crippen molar-refractivity contribution in [2.75, 3.05) is 0 Å². The minimum atomic E-state index is -6.22. The lowest BCUT2D eigenvalue weighted by molar-refractivity contribution is -0.353. The standard InChI is InChI=1S/C11H8Cl2F7NO/c1-4(22)21-8-6(12)2-5(3-7(8)13)9(14,10(15,16)17)11(18,19)20/h2,5H,3H2,1H3,(H,21,22). The summed E-state index contributed by atoms with van der Waals surface area (Å²) in [5, 5.41) is 0.744. The molecule has 1 aliphatic carbocycles. The van der Waals surface area contributed by atoms with E-state index < -0.39 is 46.3 Å². The van der Waals surface area contributed by atoms with Crippen molar-refractivity contribution in [2.45, 2.75) is 31.4 Å². The van der Waals surface area contributed by atoms with Gasteiger partial charge < -0.3 is 5.32 Å². The number of rotatable bonds is 2. The van der Waals surface area contributed by atoms with E-state index in [0.717, 1.165) is 6.92 Å². The normalized spacial score (nSPS) is 20.8. The number of hydrogen-bond acceptors (Lipinski definition) is 1. The molecule has 0 aromatic carbocycles. The fraction of sp³-hybridized carbons (Fsp3) is 0.545. The maximum atomic E-state index is 13.9. The summed E-state index contributed by atoms with van der Waals surface area (Å²) in [7, 11) is 0. The zero-order valence-electron chi connectivity index (χ0n) is 10.7. The molecular formula is C11H8Cl2F7NO. The molecule has 1 rings (SSSR count). The number of amides is 1. The number of carbonyl (C=O) groups is 1. The molecule has 0 aromatic rings. The quantitative estimate of drug-likeness (QED) is 0.707. The highest BCUT2D eigenvalue weighted by molar-refractivity contribution is 6.36. The van der Waals surface area contributed by atoms with Gasteiger partial charge in [-0.05, 0) is 6.42 Å². The largest absolute Gasteiger partial charge is 0.432 e. The van der Waals surface area contributed by atoms with Crippen LogP contribution in [0.25, 0.3) is 0 Å². The van der Waals surface area contributed by atoms with Gasteiger partial charge in [0.05, 0.1) is 10.7 Å². The van der Waals surface area contributed by atoms with Gasteiger partial charge in [0.1, 0.15) is 0 Å². The van der Waals surface area contributed by atoms with Crippen molar-refractivity contribution >= 4 is 29.1 Å². The number of halogens is 9. The lowest BCUT2D eigenvalue weighted by atomic mass is 9.82. The molecule has 0 bridgehead atoms. The van der Waals surface area contributed by atoms with E-state index >= 15 is 0 Å². The molecule has 1 amide bonds. The predicted molar refractivity (Wildman–Crippen MR) is 64.7 cm³/mol. The highest BCUT2D eigenvalue weighted by atomic mass is 35.5. The van der Waals surface area contributed by atoms with E-state index in [2.05, 4.69) is 5.32 Å². The molecule has 126 valence electrons. The SMILES string of the molecule is CC(=O)NC1=C(Cl)CC(C(F)(C(F)(F)F)C(F)(F)F)C=C1Cl. The molecule has 22 heavy (non-hydrogen) atoms. The average Bonchev–Trinajstić information content (AvgIpc) is 2.29. The zero-order valence-corrected chi connectivity index (χ0v) is 12.2. The number of hydrogen-bond donors (Lipinski definition) is 1. The van der Waals surface area contributed by atoms with Crippen molar-refractivity contribution in [1.82, 2.24) is 5.32 Å². The summed E-state index contributed by atoms with van der Waals surface area (Å²) in [4.78, 5) is 10.9. The van der Waals surface area contributed by atoms with Gasteiger partial charge in [-0.15, -0.1) is 0 Å². The Morgan fingerprint density at radius 2 is 1.59 bits per heavy atom. The molecule has 0 radical (unpaired) electrons. The monoisotopic (exact) mass is 373 g/mol. The second-order valence-electron chi connectivity index (χ2n) is 4.49. The Kier molecular flexibility index (Phi) is 5.13. The number of carbonyl (C=O) groups excluding carboxylic acids is 1. The Balaban J connectivity index is 3.31. The first-order valence-corrected chi connectivity index (χ1v) is 6.33. The van der Waals surface area contributed by atoms with Crippen LogP contribution in [0.15, 0.2) is 21.8 Å². The molecule has 1 unspecified atom stereocenters. The van der Waals surface area contributed by atoms with E-state index in [1.807, 2.05) is 0 Å². The molecule has 1 N–H and O–H groups in total. The van der Waals surface area contributed by atoms with Crippen LogP contribution in [-0.4, -0.2) is 23.9 Å². The molecular weight excluding hydrogens is 366 g/mol. The summed E-state index contributed by atoms with van der Waals surface area (Å²) >= 11 is 11.1. The third-order valence-corrected chi connectivity index (χ3v) is 3.55. The van der Waals surface area contributed by atoms with Gasteiger partial charge in [0, 0.05) is 17.9 Å². The second kappa shape index (κ2) is 5.92. The van der Waals surface area contributed by atoms with Crippen molar-refractivity contribution < 1.29 is 35.5 Å². The van der Waals surface area contributed by atoms with Crippen molar-refractivity contribution in [3.05, 3.63) is 21.8 Å². The van der Waals surface area contributed by atoms with E-state index in [1.165, 1.54) is 0 Å². The Hall–Kier alpha value is -0.960. The van der Waals surface area contributed by atoms with Gasteiger partial charge in [-0.3, -0.25) is 4.79 Å². The maximum Gasteiger partial charge on any atom is 0.432 e. The number of nitrogens with one attached hydrogen (secondary N) is 1. The molecule has 0 heterocycles. The van der Waals surface area contributed by atoms with Crippen LogP contribution in [0, 0.1) is 5.92 Å². The number of alkyl halides is 7. The molecule has 1 aliphatic rings. The minimum Gasteiger partial charge on any atom is -0.324 e. The van der Waals surface area contributed by atoms with Crippen LogP contribution in [0.3, 0.4) is 0 Å². The van der Waals surface area contributed by atoms with E-state index in [4.69, 9.17) is 23.2 Å². The van der Waals surface area contributed by atoms with Gasteiger partial charge in [0.2, 0.25) is 5.91 Å². The zero-order chi connectivity index (χ0) is 17.5. The van der Waals surface area contributed by atoms with E-state index in [0.29, 0.717) is 0 Å². The first-order chi connectivity index (χ1) is 9.71. The smallest absolute Gasteiger partial charge is 0.324 e. The molecule has 0 saturated carbocycles. The lowest BCUT2D eigenvalue weighted by Gasteiger charge is -2.37. The molecule has 0 fully saturated rings. The average molecular weight is 374 g/mol. The highest BCUT2D eigenvalue weighted by Gasteiger charge is 2.75. The molecule has 11 heteroatoms. The fourth-order valence-corrected chi connectivity index (χ4v) is 2.56. The minimum absolute atomic E-state index is 0.250. The Bertz CT molecular complexity index is 522. The van der Waals surface area contributed by atoms with E-state index in [-0.39, 0.29) is 11.8 Å². The topological polar surface area (TPSA) is 29.1 Å². The summed E-state index contributed by atoms with van der Waals surface area (Å²) in [5.41, 5.74) is -5.86. The third kappa shape index (κ3) is 3.34. The van der Waals surface area contributed by atoms with Crippen molar-refractivity contribution in [2.24, 2.45) is 5.92 Å². The molecule has 0 aliphatic heterocycles. The van der Waals surface area contributed by atoms with Crippen LogP contribution in [0.5, 0.6) is 0 Å². The molecule has 1 atom stereocenters. The summed E-state index contributed by atoms with van der Waals surface area (Å²) in [6.07, 6.45) is -13.3. The predicted octanol–water partition coefficient (Wildman–Crippen LogP) is 4.55. The third-order valence-electron chi connectivity index (χ3n) is 2.89. The van der Waals surface area contributed by atoms with Gasteiger partial charge in [0.25, 0.3) is 0 Å². The highest BCUT2D eigenvalue weighted by Crippen LogP contribution is 2.54. The van der Waals surface area contributed by atoms with Gasteiger partial charge in [-0.25, -0.2) is 4.39 Å². The van der Waals surface area contributed by atoms with Gasteiger partial charge in [-0.2, -0.15) is 26.3 Å². The van der Waals surface area contributed by atoms with Gasteiger partial charge in [-0.1, -0.05) is 29.3 Å². The van der Waals surface area contributed by atoms with Gasteiger partial charge >= 0.3 is 18.0 Å². The van der Waals surface area contributed by atoms with Crippen molar-refractivity contribution in [3.8, 4) is 0 Å². The van der Waals surface area contributed by atoms with Crippen LogP contribution in [0.4, 0.5) is 30.7 Å². The second-order valence-corrected chi connectivity index (χ2v) is 5.36. The summed E-state index contributed by atoms with van der Waals surface area (Å²) in [6, 6.07) is 0. The van der Waals surface area contributed by atoms with Crippen molar-refractivity contribution in [1.29, 1.82) is 0 Å².